The van der Waals surface area contributed by atoms with Gasteiger partial charge in [0.15, 0.2) is 0 Å². The Balaban J connectivity index is 1.80. The molecule has 0 radical (unpaired) electrons. The first-order valence-corrected chi connectivity index (χ1v) is 6.97. The first-order chi connectivity index (χ1) is 8.24. The highest BCUT2D eigenvalue weighted by atomic mass is 35.5. The number of thiophene rings is 1. The summed E-state index contributed by atoms with van der Waals surface area (Å²) in [4.78, 5) is 11.7. The van der Waals surface area contributed by atoms with Crippen molar-refractivity contribution in [2.45, 2.75) is 25.3 Å². The largest absolute Gasteiger partial charge is 0.334 e. The Bertz CT molecular complexity index is 375. The molecule has 1 aliphatic rings. The summed E-state index contributed by atoms with van der Waals surface area (Å²) in [6.07, 6.45) is 3.37. The van der Waals surface area contributed by atoms with Gasteiger partial charge in [-0.25, -0.2) is 4.79 Å². The lowest BCUT2D eigenvalue weighted by Gasteiger charge is -2.16. The van der Waals surface area contributed by atoms with Crippen molar-refractivity contribution < 1.29 is 4.79 Å². The van der Waals surface area contributed by atoms with E-state index in [2.05, 4.69) is 16.0 Å². The SMILES string of the molecule is O=C(Nc1ccc(Cl)s1)NC1CCCCNC1. The van der Waals surface area contributed by atoms with E-state index in [1.807, 2.05) is 0 Å². The molecular formula is C11H16ClN3OS. The molecule has 0 saturated carbocycles. The number of rotatable bonds is 2. The monoisotopic (exact) mass is 273 g/mol. The molecule has 1 unspecified atom stereocenters. The molecule has 0 spiro atoms. The van der Waals surface area contributed by atoms with Crippen LogP contribution in [0.4, 0.5) is 9.80 Å². The number of nitrogens with one attached hydrogen (secondary N) is 3. The number of carbonyl (C=O) groups is 1. The predicted molar refractivity (Wildman–Crippen MR) is 72.0 cm³/mol. The Morgan fingerprint density at radius 1 is 1.47 bits per heavy atom. The first-order valence-electron chi connectivity index (χ1n) is 5.77. The molecule has 4 nitrogen and oxygen atoms in total. The molecule has 2 amide bonds. The van der Waals surface area contributed by atoms with Crippen molar-refractivity contribution in [1.82, 2.24) is 10.6 Å². The fourth-order valence-corrected chi connectivity index (χ4v) is 2.80. The fraction of sp³-hybridized carbons (Fsp3) is 0.545. The fourth-order valence-electron chi connectivity index (χ4n) is 1.86. The van der Waals surface area contributed by atoms with E-state index in [1.54, 1.807) is 12.1 Å². The average molecular weight is 274 g/mol. The summed E-state index contributed by atoms with van der Waals surface area (Å²) in [6.45, 7) is 1.89. The molecule has 1 aliphatic heterocycles. The maximum absolute atomic E-state index is 11.7. The third kappa shape index (κ3) is 4.18. The molecule has 1 atom stereocenters. The third-order valence-electron chi connectivity index (χ3n) is 2.69. The van der Waals surface area contributed by atoms with E-state index in [0.717, 1.165) is 30.9 Å². The zero-order valence-corrected chi connectivity index (χ0v) is 11.0. The van der Waals surface area contributed by atoms with Crippen molar-refractivity contribution >= 4 is 34.0 Å². The lowest BCUT2D eigenvalue weighted by molar-refractivity contribution is 0.247. The van der Waals surface area contributed by atoms with Crippen LogP contribution in [0.5, 0.6) is 0 Å². The summed E-state index contributed by atoms with van der Waals surface area (Å²) in [6, 6.07) is 3.64. The third-order valence-corrected chi connectivity index (χ3v) is 3.84. The van der Waals surface area contributed by atoms with Crippen LogP contribution in [0.25, 0.3) is 0 Å². The molecule has 1 fully saturated rings. The van der Waals surface area contributed by atoms with Gasteiger partial charge >= 0.3 is 6.03 Å². The highest BCUT2D eigenvalue weighted by molar-refractivity contribution is 7.20. The van der Waals surface area contributed by atoms with Crippen molar-refractivity contribution in [2.75, 3.05) is 18.4 Å². The predicted octanol–water partition coefficient (Wildman–Crippen LogP) is 2.67. The molecule has 1 aromatic heterocycles. The van der Waals surface area contributed by atoms with Gasteiger partial charge in [-0.2, -0.15) is 0 Å². The van der Waals surface area contributed by atoms with Gasteiger partial charge in [-0.1, -0.05) is 18.0 Å². The second-order valence-corrected chi connectivity index (χ2v) is 5.81. The van der Waals surface area contributed by atoms with Crippen molar-refractivity contribution in [3.63, 3.8) is 0 Å². The number of amides is 2. The standard InChI is InChI=1S/C11H16ClN3OS/c12-9-4-5-10(17-9)15-11(16)14-8-3-1-2-6-13-7-8/h4-5,8,13H,1-3,6-7H2,(H2,14,15,16). The van der Waals surface area contributed by atoms with Gasteiger partial charge < -0.3 is 10.6 Å². The smallest absolute Gasteiger partial charge is 0.320 e. The molecule has 2 rings (SSSR count). The summed E-state index contributed by atoms with van der Waals surface area (Å²) in [5.41, 5.74) is 0. The molecule has 1 aromatic rings. The summed E-state index contributed by atoms with van der Waals surface area (Å²) < 4.78 is 0.677. The van der Waals surface area contributed by atoms with Crippen LogP contribution in [0.15, 0.2) is 12.1 Å². The minimum absolute atomic E-state index is 0.155. The van der Waals surface area contributed by atoms with Crippen LogP contribution in [0, 0.1) is 0 Å². The maximum atomic E-state index is 11.7. The van der Waals surface area contributed by atoms with Crippen LogP contribution in [0.2, 0.25) is 4.34 Å². The van der Waals surface area contributed by atoms with Crippen LogP contribution in [0.3, 0.4) is 0 Å². The highest BCUT2D eigenvalue weighted by Gasteiger charge is 2.14. The zero-order chi connectivity index (χ0) is 12.1. The van der Waals surface area contributed by atoms with E-state index in [-0.39, 0.29) is 12.1 Å². The summed E-state index contributed by atoms with van der Waals surface area (Å²) in [5, 5.41) is 9.84. The number of urea groups is 1. The Labute approximate surface area is 110 Å². The molecule has 17 heavy (non-hydrogen) atoms. The number of anilines is 1. The van der Waals surface area contributed by atoms with Crippen LogP contribution < -0.4 is 16.0 Å². The second kappa shape index (κ2) is 6.23. The lowest BCUT2D eigenvalue weighted by Crippen LogP contribution is -2.42. The number of hydrogen-bond acceptors (Lipinski definition) is 3. The minimum atomic E-state index is -0.155. The molecule has 6 heteroatoms. The van der Waals surface area contributed by atoms with Crippen molar-refractivity contribution in [2.24, 2.45) is 0 Å². The van der Waals surface area contributed by atoms with Crippen LogP contribution >= 0.6 is 22.9 Å². The second-order valence-electron chi connectivity index (χ2n) is 4.10. The molecule has 0 aromatic carbocycles. The van der Waals surface area contributed by atoms with Crippen LogP contribution in [-0.4, -0.2) is 25.2 Å². The van der Waals surface area contributed by atoms with Crippen LogP contribution in [-0.2, 0) is 0 Å². The Morgan fingerprint density at radius 2 is 2.35 bits per heavy atom. The van der Waals surface area contributed by atoms with Gasteiger partial charge in [0.1, 0.15) is 0 Å². The van der Waals surface area contributed by atoms with Crippen molar-refractivity contribution in [1.29, 1.82) is 0 Å². The van der Waals surface area contributed by atoms with Crippen LogP contribution in [0.1, 0.15) is 19.3 Å². The summed E-state index contributed by atoms with van der Waals surface area (Å²) in [5.74, 6) is 0. The van der Waals surface area contributed by atoms with E-state index in [0.29, 0.717) is 4.34 Å². The maximum Gasteiger partial charge on any atom is 0.320 e. The average Bonchev–Trinajstić information content (AvgIpc) is 2.53. The molecular weight excluding hydrogens is 258 g/mol. The number of hydrogen-bond donors (Lipinski definition) is 3. The molecule has 0 bridgehead atoms. The Kier molecular flexibility index (Phi) is 4.65. The van der Waals surface area contributed by atoms with E-state index < -0.39 is 0 Å². The van der Waals surface area contributed by atoms with Gasteiger partial charge in [0, 0.05) is 12.6 Å². The van der Waals surface area contributed by atoms with Gasteiger partial charge in [-0.05, 0) is 31.5 Å². The summed E-state index contributed by atoms with van der Waals surface area (Å²) >= 11 is 7.15. The first kappa shape index (κ1) is 12.7. The van der Waals surface area contributed by atoms with Gasteiger partial charge in [-0.15, -0.1) is 11.3 Å². The van der Waals surface area contributed by atoms with E-state index in [1.165, 1.54) is 17.8 Å². The van der Waals surface area contributed by atoms with Crippen molar-refractivity contribution in [3.05, 3.63) is 16.5 Å². The van der Waals surface area contributed by atoms with Gasteiger partial charge in [-0.3, -0.25) is 5.32 Å². The van der Waals surface area contributed by atoms with E-state index in [9.17, 15) is 4.79 Å². The Hall–Kier alpha value is -0.780. The topological polar surface area (TPSA) is 53.2 Å². The van der Waals surface area contributed by atoms with Gasteiger partial charge in [0.2, 0.25) is 0 Å². The molecule has 2 heterocycles. The van der Waals surface area contributed by atoms with E-state index >= 15 is 0 Å². The molecule has 1 saturated heterocycles. The molecule has 3 N–H and O–H groups in total. The highest BCUT2D eigenvalue weighted by Crippen LogP contribution is 2.25. The molecule has 94 valence electrons. The number of halogens is 1. The van der Waals surface area contributed by atoms with Gasteiger partial charge in [0.05, 0.1) is 9.34 Å². The normalized spacial score (nSPS) is 20.6. The number of carbonyl (C=O) groups excluding carboxylic acids is 1. The molecule has 0 aliphatic carbocycles. The summed E-state index contributed by atoms with van der Waals surface area (Å²) in [7, 11) is 0. The zero-order valence-electron chi connectivity index (χ0n) is 9.46. The van der Waals surface area contributed by atoms with Crippen molar-refractivity contribution in [3.8, 4) is 0 Å². The van der Waals surface area contributed by atoms with E-state index in [4.69, 9.17) is 11.6 Å². The minimum Gasteiger partial charge on any atom is -0.334 e. The quantitative estimate of drug-likeness (QED) is 0.776. The van der Waals surface area contributed by atoms with Gasteiger partial charge in [0.25, 0.3) is 0 Å². The Morgan fingerprint density at radius 3 is 3.12 bits per heavy atom. The lowest BCUT2D eigenvalue weighted by atomic mass is 10.1.